The lowest BCUT2D eigenvalue weighted by molar-refractivity contribution is -0.0437. The Morgan fingerprint density at radius 2 is 1.70 bits per heavy atom. The van der Waals surface area contributed by atoms with Gasteiger partial charge in [0.25, 0.3) is 5.92 Å². The molecule has 2 saturated heterocycles. The third kappa shape index (κ3) is 3.87. The number of rotatable bonds is 6. The molecule has 2 nitrogen and oxygen atoms in total. The highest BCUT2D eigenvalue weighted by atomic mass is 32.2. The highest BCUT2D eigenvalue weighted by Gasteiger charge is 2.54. The standard InChI is InChI=1S/C18H34F2N2S/c1-14(2)16(3,4)22-12-15(18(19,20)13-22)11-17(5,23-6)21-9-7-8-10-21/h14-15H,7-13H2,1-6H3. The van der Waals surface area contributed by atoms with Gasteiger partial charge >= 0.3 is 0 Å². The average Bonchev–Trinajstić information content (AvgIpc) is 3.08. The quantitative estimate of drug-likeness (QED) is 0.695. The molecular weight excluding hydrogens is 314 g/mol. The van der Waals surface area contributed by atoms with E-state index in [4.69, 9.17) is 0 Å². The highest BCUT2D eigenvalue weighted by Crippen LogP contribution is 2.46. The fourth-order valence-electron chi connectivity index (χ4n) is 3.85. The van der Waals surface area contributed by atoms with Crippen LogP contribution in [0.15, 0.2) is 0 Å². The number of likely N-dealkylation sites (tertiary alicyclic amines) is 2. The van der Waals surface area contributed by atoms with Gasteiger partial charge in [0.05, 0.1) is 11.4 Å². The van der Waals surface area contributed by atoms with Gasteiger partial charge in [-0.25, -0.2) is 8.78 Å². The molecular formula is C18H34F2N2S. The van der Waals surface area contributed by atoms with Crippen LogP contribution < -0.4 is 0 Å². The number of hydrogen-bond donors (Lipinski definition) is 0. The number of hydrogen-bond acceptors (Lipinski definition) is 3. The Bertz CT molecular complexity index is 408. The second-order valence-electron chi connectivity index (χ2n) is 8.42. The largest absolute Gasteiger partial charge is 0.292 e. The zero-order chi connectivity index (χ0) is 17.5. The Balaban J connectivity index is 2.12. The van der Waals surface area contributed by atoms with Crippen LogP contribution in [-0.4, -0.2) is 58.6 Å². The predicted octanol–water partition coefficient (Wildman–Crippen LogP) is 4.55. The molecule has 0 amide bonds. The molecule has 2 fully saturated rings. The van der Waals surface area contributed by atoms with Crippen LogP contribution in [0.5, 0.6) is 0 Å². The lowest BCUT2D eigenvalue weighted by Crippen LogP contribution is -2.47. The molecule has 2 aliphatic rings. The summed E-state index contributed by atoms with van der Waals surface area (Å²) in [7, 11) is 0. The maximum absolute atomic E-state index is 14.7. The van der Waals surface area contributed by atoms with Gasteiger partial charge in [0, 0.05) is 18.0 Å². The molecule has 2 unspecified atom stereocenters. The van der Waals surface area contributed by atoms with Gasteiger partial charge in [-0.3, -0.25) is 9.80 Å². The second-order valence-corrected chi connectivity index (χ2v) is 9.71. The molecule has 2 atom stereocenters. The first-order valence-corrected chi connectivity index (χ1v) is 10.2. The van der Waals surface area contributed by atoms with E-state index < -0.39 is 11.8 Å². The molecule has 0 saturated carbocycles. The van der Waals surface area contributed by atoms with E-state index in [1.54, 1.807) is 11.8 Å². The van der Waals surface area contributed by atoms with E-state index in [0.29, 0.717) is 18.9 Å². The lowest BCUT2D eigenvalue weighted by atomic mass is 9.89. The third-order valence-electron chi connectivity index (χ3n) is 6.51. The normalized spacial score (nSPS) is 29.3. The van der Waals surface area contributed by atoms with Gasteiger partial charge in [-0.1, -0.05) is 13.8 Å². The Kier molecular flexibility index (Phi) is 5.75. The Labute approximate surface area is 145 Å². The topological polar surface area (TPSA) is 6.48 Å². The number of halogens is 2. The van der Waals surface area contributed by atoms with Crippen LogP contribution in [0.4, 0.5) is 8.78 Å². The minimum Gasteiger partial charge on any atom is -0.292 e. The molecule has 0 aliphatic carbocycles. The van der Waals surface area contributed by atoms with Crippen molar-refractivity contribution in [1.29, 1.82) is 0 Å². The van der Waals surface area contributed by atoms with E-state index in [-0.39, 0.29) is 17.0 Å². The molecule has 0 aromatic rings. The van der Waals surface area contributed by atoms with Crippen LogP contribution in [-0.2, 0) is 0 Å². The summed E-state index contributed by atoms with van der Waals surface area (Å²) in [5.41, 5.74) is -0.179. The molecule has 0 N–H and O–H groups in total. The molecule has 0 bridgehead atoms. The molecule has 0 aromatic carbocycles. The Hall–Kier alpha value is 0.130. The summed E-state index contributed by atoms with van der Waals surface area (Å²) < 4.78 is 29.5. The fraction of sp³-hybridized carbons (Fsp3) is 1.00. The number of alkyl halides is 2. The highest BCUT2D eigenvalue weighted by molar-refractivity contribution is 7.99. The van der Waals surface area contributed by atoms with Crippen LogP contribution >= 0.6 is 11.8 Å². The zero-order valence-corrected chi connectivity index (χ0v) is 16.5. The summed E-state index contributed by atoms with van der Waals surface area (Å²) in [5, 5.41) is 0. The maximum Gasteiger partial charge on any atom is 0.264 e. The van der Waals surface area contributed by atoms with E-state index in [1.165, 1.54) is 12.8 Å². The monoisotopic (exact) mass is 348 g/mol. The second kappa shape index (κ2) is 6.80. The van der Waals surface area contributed by atoms with E-state index in [0.717, 1.165) is 13.1 Å². The van der Waals surface area contributed by atoms with Crippen LogP contribution in [0, 0.1) is 11.8 Å². The van der Waals surface area contributed by atoms with E-state index >= 15 is 0 Å². The van der Waals surface area contributed by atoms with Crippen LogP contribution in [0.3, 0.4) is 0 Å². The SMILES string of the molecule is CSC(C)(CC1CN(C(C)(C)C(C)C)CC1(F)F)N1CCCC1. The molecule has 2 aliphatic heterocycles. The summed E-state index contributed by atoms with van der Waals surface area (Å²) in [6, 6.07) is 0. The van der Waals surface area contributed by atoms with E-state index in [1.807, 2.05) is 4.90 Å². The fourth-order valence-corrected chi connectivity index (χ4v) is 4.66. The molecule has 0 spiro atoms. The first kappa shape index (κ1) is 19.5. The van der Waals surface area contributed by atoms with Gasteiger partial charge in [0.2, 0.25) is 0 Å². The van der Waals surface area contributed by atoms with Gasteiger partial charge in [-0.15, -0.1) is 11.8 Å². The minimum atomic E-state index is -2.58. The molecule has 23 heavy (non-hydrogen) atoms. The lowest BCUT2D eigenvalue weighted by Gasteiger charge is -2.41. The van der Waals surface area contributed by atoms with Crippen molar-refractivity contribution in [3.63, 3.8) is 0 Å². The molecule has 0 radical (unpaired) electrons. The average molecular weight is 349 g/mol. The van der Waals surface area contributed by atoms with Gasteiger partial charge in [-0.05, 0) is 65.3 Å². The third-order valence-corrected chi connectivity index (χ3v) is 7.81. The number of nitrogens with zero attached hydrogens (tertiary/aromatic N) is 2. The summed E-state index contributed by atoms with van der Waals surface area (Å²) in [6.07, 6.45) is 5.04. The van der Waals surface area contributed by atoms with Gasteiger partial charge in [0.15, 0.2) is 0 Å². The zero-order valence-electron chi connectivity index (χ0n) is 15.7. The van der Waals surface area contributed by atoms with Gasteiger partial charge in [-0.2, -0.15) is 0 Å². The molecule has 5 heteroatoms. The van der Waals surface area contributed by atoms with Crippen molar-refractivity contribution in [2.45, 2.75) is 70.2 Å². The van der Waals surface area contributed by atoms with Crippen molar-refractivity contribution in [1.82, 2.24) is 9.80 Å². The maximum atomic E-state index is 14.7. The van der Waals surface area contributed by atoms with Crippen LogP contribution in [0.25, 0.3) is 0 Å². The summed E-state index contributed by atoms with van der Waals surface area (Å²) in [6.45, 7) is 13.1. The molecule has 2 heterocycles. The van der Waals surface area contributed by atoms with Gasteiger partial charge < -0.3 is 0 Å². The van der Waals surface area contributed by atoms with Crippen molar-refractivity contribution in [2.75, 3.05) is 32.4 Å². The van der Waals surface area contributed by atoms with Crippen LogP contribution in [0.1, 0.15) is 53.9 Å². The summed E-state index contributed by atoms with van der Waals surface area (Å²) in [5.74, 6) is -2.76. The van der Waals surface area contributed by atoms with Crippen molar-refractivity contribution in [2.24, 2.45) is 11.8 Å². The van der Waals surface area contributed by atoms with Crippen molar-refractivity contribution >= 4 is 11.8 Å². The van der Waals surface area contributed by atoms with Gasteiger partial charge in [0.1, 0.15) is 0 Å². The number of thioether (sulfide) groups is 1. The summed E-state index contributed by atoms with van der Waals surface area (Å²) in [4.78, 5) is 4.28. The van der Waals surface area contributed by atoms with Crippen molar-refractivity contribution in [3.8, 4) is 0 Å². The van der Waals surface area contributed by atoms with Crippen molar-refractivity contribution < 1.29 is 8.78 Å². The van der Waals surface area contributed by atoms with E-state index in [9.17, 15) is 8.78 Å². The van der Waals surface area contributed by atoms with E-state index in [2.05, 4.69) is 45.8 Å². The van der Waals surface area contributed by atoms with Crippen molar-refractivity contribution in [3.05, 3.63) is 0 Å². The molecule has 2 rings (SSSR count). The Morgan fingerprint density at radius 1 is 1.13 bits per heavy atom. The van der Waals surface area contributed by atoms with Crippen LogP contribution in [0.2, 0.25) is 0 Å². The smallest absolute Gasteiger partial charge is 0.264 e. The Morgan fingerprint density at radius 3 is 2.17 bits per heavy atom. The first-order valence-electron chi connectivity index (χ1n) is 8.96. The molecule has 0 aromatic heterocycles. The predicted molar refractivity (Wildman–Crippen MR) is 96.3 cm³/mol. The summed E-state index contributed by atoms with van der Waals surface area (Å²) >= 11 is 1.75. The first-order chi connectivity index (χ1) is 10.5. The minimum absolute atomic E-state index is 0.0900. The molecule has 136 valence electrons.